The van der Waals surface area contributed by atoms with Gasteiger partial charge in [0, 0.05) is 32.3 Å². The van der Waals surface area contributed by atoms with Crippen LogP contribution in [0.15, 0.2) is 0 Å². The summed E-state index contributed by atoms with van der Waals surface area (Å²) in [4.78, 5) is 2.40. The molecule has 1 unspecified atom stereocenters. The van der Waals surface area contributed by atoms with E-state index in [1.54, 1.807) is 7.11 Å². The summed E-state index contributed by atoms with van der Waals surface area (Å²) in [6.45, 7) is 10.6. The molecule has 2 N–H and O–H groups in total. The van der Waals surface area contributed by atoms with Gasteiger partial charge < -0.3 is 15.2 Å². The summed E-state index contributed by atoms with van der Waals surface area (Å²) in [6.07, 6.45) is 1.98. The number of methoxy groups -OCH3 is 1. The Balaban J connectivity index is 2.71. The number of aliphatic hydroxyl groups excluding tert-OH is 1. The van der Waals surface area contributed by atoms with Crippen molar-refractivity contribution in [1.29, 1.82) is 0 Å². The van der Waals surface area contributed by atoms with Crippen molar-refractivity contribution < 1.29 is 9.84 Å². The van der Waals surface area contributed by atoms with E-state index in [4.69, 9.17) is 4.74 Å². The van der Waals surface area contributed by atoms with E-state index in [-0.39, 0.29) is 17.7 Å². The largest absolute Gasteiger partial charge is 0.394 e. The van der Waals surface area contributed by atoms with E-state index in [0.717, 1.165) is 39.0 Å². The van der Waals surface area contributed by atoms with Crippen LogP contribution in [0.3, 0.4) is 0 Å². The lowest BCUT2D eigenvalue weighted by molar-refractivity contribution is -0.0529. The van der Waals surface area contributed by atoms with Crippen molar-refractivity contribution in [2.24, 2.45) is 0 Å². The van der Waals surface area contributed by atoms with Gasteiger partial charge in [-0.05, 0) is 40.2 Å². The van der Waals surface area contributed by atoms with E-state index < -0.39 is 0 Å². The Morgan fingerprint density at radius 1 is 1.24 bits per heavy atom. The first-order valence-electron chi connectivity index (χ1n) is 6.55. The molecule has 4 heteroatoms. The zero-order chi connectivity index (χ0) is 12.9. The van der Waals surface area contributed by atoms with E-state index in [0.29, 0.717) is 0 Å². The highest BCUT2D eigenvalue weighted by molar-refractivity contribution is 4.92. The molecule has 1 fully saturated rings. The predicted octanol–water partition coefficient (Wildman–Crippen LogP) is 0.848. The molecule has 0 saturated carbocycles. The number of hydrogen-bond donors (Lipinski definition) is 2. The van der Waals surface area contributed by atoms with E-state index in [2.05, 4.69) is 31.0 Å². The topological polar surface area (TPSA) is 44.7 Å². The number of rotatable bonds is 5. The van der Waals surface area contributed by atoms with Crippen LogP contribution in [0.2, 0.25) is 0 Å². The summed E-state index contributed by atoms with van der Waals surface area (Å²) >= 11 is 0. The first kappa shape index (κ1) is 14.9. The Morgan fingerprint density at radius 2 is 1.94 bits per heavy atom. The van der Waals surface area contributed by atoms with Crippen LogP contribution in [0.4, 0.5) is 0 Å². The third-order valence-electron chi connectivity index (χ3n) is 3.80. The Kier molecular flexibility index (Phi) is 5.38. The molecule has 0 aromatic rings. The molecule has 0 aromatic heterocycles. The fraction of sp³-hybridized carbons (Fsp3) is 1.00. The molecule has 0 spiro atoms. The normalized spacial score (nSPS) is 23.1. The van der Waals surface area contributed by atoms with Gasteiger partial charge in [-0.3, -0.25) is 4.90 Å². The number of nitrogens with one attached hydrogen (secondary N) is 1. The van der Waals surface area contributed by atoms with Crippen molar-refractivity contribution in [1.82, 2.24) is 10.2 Å². The number of hydrogen-bond acceptors (Lipinski definition) is 4. The minimum atomic E-state index is -0.197. The summed E-state index contributed by atoms with van der Waals surface area (Å²) in [5.41, 5.74) is -0.386. The van der Waals surface area contributed by atoms with Gasteiger partial charge in [0.2, 0.25) is 0 Å². The number of ether oxygens (including phenoxy) is 1. The Labute approximate surface area is 105 Å². The maximum absolute atomic E-state index is 9.77. The van der Waals surface area contributed by atoms with Crippen LogP contribution in [-0.2, 0) is 4.74 Å². The first-order valence-corrected chi connectivity index (χ1v) is 6.55. The van der Waals surface area contributed by atoms with Crippen LogP contribution in [0.5, 0.6) is 0 Å². The van der Waals surface area contributed by atoms with Gasteiger partial charge in [-0.25, -0.2) is 0 Å². The smallest absolute Gasteiger partial charge is 0.0641 e. The molecule has 0 aliphatic carbocycles. The van der Waals surface area contributed by atoms with Crippen LogP contribution >= 0.6 is 0 Å². The lowest BCUT2D eigenvalue weighted by Crippen LogP contribution is -2.54. The second-order valence-corrected chi connectivity index (χ2v) is 5.89. The van der Waals surface area contributed by atoms with Crippen LogP contribution < -0.4 is 5.32 Å². The minimum absolute atomic E-state index is 0.180. The lowest BCUT2D eigenvalue weighted by atomic mass is 9.86. The Morgan fingerprint density at radius 3 is 2.53 bits per heavy atom. The summed E-state index contributed by atoms with van der Waals surface area (Å²) in [5.74, 6) is 0. The van der Waals surface area contributed by atoms with E-state index in [1.807, 2.05) is 0 Å². The summed E-state index contributed by atoms with van der Waals surface area (Å²) < 4.78 is 5.50. The fourth-order valence-corrected chi connectivity index (χ4v) is 2.64. The molecule has 102 valence electrons. The van der Waals surface area contributed by atoms with Gasteiger partial charge in [0.15, 0.2) is 0 Å². The molecule has 0 aromatic carbocycles. The summed E-state index contributed by atoms with van der Waals surface area (Å²) in [7, 11) is 1.74. The maximum atomic E-state index is 9.77. The average Bonchev–Trinajstić information content (AvgIpc) is 2.57. The SMILES string of the molecule is COC(C)(C)CC(C)(CO)N1CCCNCC1. The molecule has 1 saturated heterocycles. The molecular weight excluding hydrogens is 216 g/mol. The molecule has 1 aliphatic heterocycles. The van der Waals surface area contributed by atoms with Crippen LogP contribution in [-0.4, -0.2) is 61.0 Å². The zero-order valence-electron chi connectivity index (χ0n) is 11.8. The van der Waals surface area contributed by atoms with Crippen molar-refractivity contribution in [2.75, 3.05) is 39.9 Å². The maximum Gasteiger partial charge on any atom is 0.0641 e. The van der Waals surface area contributed by atoms with Gasteiger partial charge in [0.25, 0.3) is 0 Å². The van der Waals surface area contributed by atoms with Gasteiger partial charge in [-0.15, -0.1) is 0 Å². The Bertz CT molecular complexity index is 225. The molecular formula is C13H28N2O2. The van der Waals surface area contributed by atoms with Crippen LogP contribution in [0, 0.1) is 0 Å². The van der Waals surface area contributed by atoms with Crippen molar-refractivity contribution in [3.05, 3.63) is 0 Å². The molecule has 0 radical (unpaired) electrons. The van der Waals surface area contributed by atoms with Gasteiger partial charge in [0.05, 0.1) is 12.2 Å². The van der Waals surface area contributed by atoms with Gasteiger partial charge in [-0.2, -0.15) is 0 Å². The lowest BCUT2D eigenvalue weighted by Gasteiger charge is -2.43. The molecule has 1 aliphatic rings. The third-order valence-corrected chi connectivity index (χ3v) is 3.80. The molecule has 1 atom stereocenters. The zero-order valence-corrected chi connectivity index (χ0v) is 11.8. The number of nitrogens with zero attached hydrogens (tertiary/aromatic N) is 1. The highest BCUT2D eigenvalue weighted by Crippen LogP contribution is 2.28. The number of aliphatic hydroxyl groups is 1. The van der Waals surface area contributed by atoms with Crippen LogP contribution in [0.1, 0.15) is 33.6 Å². The second-order valence-electron chi connectivity index (χ2n) is 5.89. The van der Waals surface area contributed by atoms with E-state index in [1.165, 1.54) is 0 Å². The third kappa shape index (κ3) is 4.21. The van der Waals surface area contributed by atoms with Gasteiger partial charge >= 0.3 is 0 Å². The quantitative estimate of drug-likeness (QED) is 0.752. The molecule has 0 amide bonds. The van der Waals surface area contributed by atoms with Crippen molar-refractivity contribution in [3.63, 3.8) is 0 Å². The van der Waals surface area contributed by atoms with Crippen molar-refractivity contribution >= 4 is 0 Å². The Hall–Kier alpha value is -0.160. The molecule has 4 nitrogen and oxygen atoms in total. The predicted molar refractivity (Wildman–Crippen MR) is 70.3 cm³/mol. The highest BCUT2D eigenvalue weighted by atomic mass is 16.5. The standard InChI is InChI=1S/C13H28N2O2/c1-12(2,17-4)10-13(3,11-16)15-8-5-6-14-7-9-15/h14,16H,5-11H2,1-4H3. The monoisotopic (exact) mass is 244 g/mol. The molecule has 0 bridgehead atoms. The van der Waals surface area contributed by atoms with E-state index >= 15 is 0 Å². The first-order chi connectivity index (χ1) is 7.93. The second kappa shape index (κ2) is 6.14. The van der Waals surface area contributed by atoms with Crippen LogP contribution in [0.25, 0.3) is 0 Å². The fourth-order valence-electron chi connectivity index (χ4n) is 2.64. The highest BCUT2D eigenvalue weighted by Gasteiger charge is 2.37. The van der Waals surface area contributed by atoms with Gasteiger partial charge in [-0.1, -0.05) is 0 Å². The van der Waals surface area contributed by atoms with E-state index in [9.17, 15) is 5.11 Å². The average molecular weight is 244 g/mol. The van der Waals surface area contributed by atoms with Crippen molar-refractivity contribution in [3.8, 4) is 0 Å². The minimum Gasteiger partial charge on any atom is -0.394 e. The van der Waals surface area contributed by atoms with Crippen molar-refractivity contribution in [2.45, 2.75) is 44.8 Å². The summed E-state index contributed by atoms with van der Waals surface area (Å²) in [5, 5.41) is 13.2. The summed E-state index contributed by atoms with van der Waals surface area (Å²) in [6, 6.07) is 0. The molecule has 17 heavy (non-hydrogen) atoms. The molecule has 1 heterocycles. The van der Waals surface area contributed by atoms with Gasteiger partial charge in [0.1, 0.15) is 0 Å². The molecule has 1 rings (SSSR count).